The molecule has 0 unspecified atom stereocenters. The van der Waals surface area contributed by atoms with Gasteiger partial charge in [0.05, 0.1) is 24.7 Å². The maximum absolute atomic E-state index is 13.3. The summed E-state index contributed by atoms with van der Waals surface area (Å²) in [7, 11) is 0. The molecule has 66 heavy (non-hydrogen) atoms. The number of rotatable bonds is 8. The summed E-state index contributed by atoms with van der Waals surface area (Å²) in [5.74, 6) is -1.14. The highest BCUT2D eigenvalue weighted by Gasteiger charge is 2.38. The first-order valence-corrected chi connectivity index (χ1v) is 21.8. The van der Waals surface area contributed by atoms with Gasteiger partial charge < -0.3 is 37.6 Å². The van der Waals surface area contributed by atoms with E-state index in [9.17, 15) is 24.0 Å². The molecular formula is C43H54Cl2N10O11. The molecule has 4 aromatic heterocycles. The molecule has 4 aromatic rings. The molecule has 23 heteroatoms. The molecule has 0 fully saturated rings. The van der Waals surface area contributed by atoms with Gasteiger partial charge >= 0.3 is 30.5 Å². The van der Waals surface area contributed by atoms with Gasteiger partial charge in [0, 0.05) is 11.8 Å². The zero-order valence-corrected chi connectivity index (χ0v) is 40.3. The van der Waals surface area contributed by atoms with E-state index in [4.69, 9.17) is 51.6 Å². The number of halogens is 2. The Kier molecular flexibility index (Phi) is 13.9. The van der Waals surface area contributed by atoms with E-state index in [1.54, 1.807) is 92.2 Å². The van der Waals surface area contributed by atoms with E-state index in [1.807, 2.05) is 24.3 Å². The summed E-state index contributed by atoms with van der Waals surface area (Å²) in [6.07, 6.45) is 6.49. The Morgan fingerprint density at radius 3 is 1.17 bits per heavy atom. The van der Waals surface area contributed by atoms with Crippen molar-refractivity contribution in [2.45, 2.75) is 130 Å². The molecule has 2 aliphatic rings. The summed E-state index contributed by atoms with van der Waals surface area (Å²) in [5.41, 5.74) is -2.88. The van der Waals surface area contributed by atoms with Crippen LogP contribution in [0.2, 0.25) is 10.3 Å². The Hall–Kier alpha value is -6.09. The standard InChI is InChI=1S/C43H54Cl2N10O11/c1-40(2,3)63-35(56)54(36(57)64-41(4,5)6)33-48-29(44)27-31(50-33)52(21-46-27)25-15-13-23(17-25)19-61-39(60)62-20-24-14-16-26(18-24)53-22-47-28-30(45)49-34(51-32(28)53)55(37(58)65-42(7,8)9)38(59)66-43(10,11)12/h13-16,21-26H,17-20H2,1-12H3/t23-,24-,25+,26+/m1/s1. The average molecular weight is 958 g/mol. The number of hydrogen-bond donors (Lipinski definition) is 0. The van der Waals surface area contributed by atoms with Crippen molar-refractivity contribution in [2.24, 2.45) is 11.8 Å². The third kappa shape index (κ3) is 12.2. The number of hydrogen-bond acceptors (Lipinski definition) is 17. The summed E-state index contributed by atoms with van der Waals surface area (Å²) in [5, 5.41) is -0.210. The average Bonchev–Trinajstić information content (AvgIpc) is 3.97. The predicted octanol–water partition coefficient (Wildman–Crippen LogP) is 9.71. The van der Waals surface area contributed by atoms with Crippen molar-refractivity contribution < 1.29 is 52.4 Å². The number of carbonyl (C=O) groups is 5. The van der Waals surface area contributed by atoms with Crippen molar-refractivity contribution in [3.63, 3.8) is 0 Å². The van der Waals surface area contributed by atoms with Crippen LogP contribution < -0.4 is 9.80 Å². The van der Waals surface area contributed by atoms with E-state index < -0.39 is 52.9 Å². The zero-order chi connectivity index (χ0) is 48.7. The molecule has 0 saturated carbocycles. The molecule has 4 amide bonds. The minimum Gasteiger partial charge on any atom is -0.443 e. The predicted molar refractivity (Wildman–Crippen MR) is 240 cm³/mol. The van der Waals surface area contributed by atoms with Crippen LogP contribution >= 0.6 is 23.2 Å². The number of fused-ring (bicyclic) bond motifs is 2. The van der Waals surface area contributed by atoms with E-state index in [2.05, 4.69) is 29.9 Å². The van der Waals surface area contributed by atoms with E-state index in [0.29, 0.717) is 22.6 Å². The molecule has 0 saturated heterocycles. The normalized spacial score (nSPS) is 18.6. The molecule has 0 radical (unpaired) electrons. The summed E-state index contributed by atoms with van der Waals surface area (Å²) in [6.45, 7) is 19.8. The maximum atomic E-state index is 13.3. The van der Waals surface area contributed by atoms with Crippen molar-refractivity contribution >= 4 is 88.0 Å². The first-order valence-electron chi connectivity index (χ1n) is 21.0. The SMILES string of the molecule is CC(C)(C)OC(=O)N(C(=O)OC(C)(C)C)c1nc(Cl)c2ncn([C@H]3C=C[C@@H](COC(=O)OC[C@@H]4C=C[C@H](n5cnc6c(Cl)nc(N(C(=O)OC(C)(C)C)C(=O)OC(C)(C)C)nc65)C4)C3)c2n1. The van der Waals surface area contributed by atoms with Crippen molar-refractivity contribution in [1.82, 2.24) is 39.0 Å². The molecule has 21 nitrogen and oxygen atoms in total. The molecule has 0 aliphatic heterocycles. The van der Waals surface area contributed by atoms with Crippen LogP contribution in [0.3, 0.4) is 0 Å². The lowest BCUT2D eigenvalue weighted by atomic mass is 10.1. The fourth-order valence-corrected chi connectivity index (χ4v) is 7.11. The Labute approximate surface area is 390 Å². The molecule has 0 N–H and O–H groups in total. The van der Waals surface area contributed by atoms with Gasteiger partial charge in [-0.3, -0.25) is 0 Å². The number of imidazole rings is 2. The number of anilines is 2. The molecule has 0 aromatic carbocycles. The van der Waals surface area contributed by atoms with Gasteiger partial charge in [-0.05, 0) is 95.9 Å². The number of ether oxygens (including phenoxy) is 6. The second-order valence-electron chi connectivity index (χ2n) is 19.6. The molecule has 4 heterocycles. The number of nitrogens with zero attached hydrogens (tertiary/aromatic N) is 10. The summed E-state index contributed by atoms with van der Waals surface area (Å²) >= 11 is 13.1. The highest BCUT2D eigenvalue weighted by atomic mass is 35.5. The first-order chi connectivity index (χ1) is 30.6. The fraction of sp³-hybridized carbons (Fsp3) is 0.558. The van der Waals surface area contributed by atoms with Crippen LogP contribution in [0, 0.1) is 11.8 Å². The minimum atomic E-state index is -1.06. The van der Waals surface area contributed by atoms with Crippen LogP contribution in [0.4, 0.5) is 35.9 Å². The van der Waals surface area contributed by atoms with Gasteiger partial charge in [-0.25, -0.2) is 33.9 Å². The van der Waals surface area contributed by atoms with E-state index in [1.165, 1.54) is 12.7 Å². The lowest BCUT2D eigenvalue weighted by Gasteiger charge is -2.27. The van der Waals surface area contributed by atoms with E-state index in [-0.39, 0.29) is 81.7 Å². The second kappa shape index (κ2) is 18.7. The van der Waals surface area contributed by atoms with Crippen LogP contribution in [-0.2, 0) is 28.4 Å². The number of amides is 4. The van der Waals surface area contributed by atoms with Gasteiger partial charge in [-0.15, -0.1) is 9.80 Å². The molecule has 4 atom stereocenters. The summed E-state index contributed by atoms with van der Waals surface area (Å²) < 4.78 is 36.3. The summed E-state index contributed by atoms with van der Waals surface area (Å²) in [6, 6.07) is -0.632. The minimum absolute atomic E-state index is 0.0150. The lowest BCUT2D eigenvalue weighted by Crippen LogP contribution is -2.44. The van der Waals surface area contributed by atoms with Gasteiger partial charge in [0.1, 0.15) is 46.7 Å². The molecule has 0 spiro atoms. The third-order valence-corrected chi connectivity index (χ3v) is 9.81. The largest absolute Gasteiger partial charge is 0.508 e. The molecule has 0 bridgehead atoms. The van der Waals surface area contributed by atoms with Crippen LogP contribution in [0.25, 0.3) is 22.3 Å². The van der Waals surface area contributed by atoms with Gasteiger partial charge in [-0.2, -0.15) is 19.9 Å². The first kappa shape index (κ1) is 49.3. The second-order valence-corrected chi connectivity index (χ2v) is 20.4. The molecule has 356 valence electrons. The Morgan fingerprint density at radius 1 is 0.545 bits per heavy atom. The van der Waals surface area contributed by atoms with Gasteiger partial charge in [0.2, 0.25) is 11.9 Å². The van der Waals surface area contributed by atoms with Crippen molar-refractivity contribution in [3.05, 3.63) is 47.3 Å². The van der Waals surface area contributed by atoms with Crippen LogP contribution in [0.15, 0.2) is 37.0 Å². The number of aromatic nitrogens is 8. The van der Waals surface area contributed by atoms with Gasteiger partial charge in [0.25, 0.3) is 0 Å². The van der Waals surface area contributed by atoms with Crippen LogP contribution in [0.1, 0.15) is 108 Å². The third-order valence-electron chi connectivity index (χ3n) is 9.28. The number of imide groups is 2. The van der Waals surface area contributed by atoms with E-state index in [0.717, 1.165) is 0 Å². The van der Waals surface area contributed by atoms with Crippen molar-refractivity contribution in [3.8, 4) is 0 Å². The highest BCUT2D eigenvalue weighted by molar-refractivity contribution is 6.34. The fourth-order valence-electron chi connectivity index (χ4n) is 6.69. The zero-order valence-electron chi connectivity index (χ0n) is 38.8. The maximum Gasteiger partial charge on any atom is 0.508 e. The smallest absolute Gasteiger partial charge is 0.443 e. The summed E-state index contributed by atoms with van der Waals surface area (Å²) in [4.78, 5) is 93.4. The van der Waals surface area contributed by atoms with Crippen LogP contribution in [-0.4, -0.2) is 105 Å². The Bertz CT molecular complexity index is 2350. The number of carbonyl (C=O) groups excluding carboxylic acids is 5. The number of allylic oxidation sites excluding steroid dienone is 2. The van der Waals surface area contributed by atoms with Gasteiger partial charge in [-0.1, -0.05) is 47.5 Å². The quantitative estimate of drug-likeness (QED) is 0.0691. The monoisotopic (exact) mass is 956 g/mol. The Morgan fingerprint density at radius 2 is 0.864 bits per heavy atom. The topological polar surface area (TPSA) is 234 Å². The van der Waals surface area contributed by atoms with Crippen molar-refractivity contribution in [2.75, 3.05) is 23.0 Å². The van der Waals surface area contributed by atoms with Crippen molar-refractivity contribution in [1.29, 1.82) is 0 Å². The van der Waals surface area contributed by atoms with Crippen LogP contribution in [0.5, 0.6) is 0 Å². The lowest BCUT2D eigenvalue weighted by molar-refractivity contribution is 0.0402. The molecular weight excluding hydrogens is 903 g/mol. The van der Waals surface area contributed by atoms with Gasteiger partial charge in [0.15, 0.2) is 21.6 Å². The molecule has 2 aliphatic carbocycles. The highest BCUT2D eigenvalue weighted by Crippen LogP contribution is 2.35. The Balaban J connectivity index is 1.07. The molecule has 6 rings (SSSR count). The van der Waals surface area contributed by atoms with E-state index >= 15 is 0 Å².